The summed E-state index contributed by atoms with van der Waals surface area (Å²) in [5.41, 5.74) is 0. The Kier molecular flexibility index (Phi) is 3.96. The van der Waals surface area contributed by atoms with Crippen LogP contribution >= 0.6 is 0 Å². The van der Waals surface area contributed by atoms with Gasteiger partial charge in [0.2, 0.25) is 0 Å². The van der Waals surface area contributed by atoms with Crippen LogP contribution in [0.5, 0.6) is 0 Å². The second-order valence-corrected chi connectivity index (χ2v) is 6.33. The Hall–Kier alpha value is -0.780. The maximum absolute atomic E-state index is 11.1. The van der Waals surface area contributed by atoms with E-state index in [0.717, 1.165) is 0 Å². The van der Waals surface area contributed by atoms with Gasteiger partial charge in [0.15, 0.2) is 9.84 Å². The van der Waals surface area contributed by atoms with Crippen molar-refractivity contribution in [1.29, 1.82) is 0 Å². The smallest absolute Gasteiger partial charge is 0.407 e. The van der Waals surface area contributed by atoms with Crippen LogP contribution < -0.4 is 5.32 Å². The van der Waals surface area contributed by atoms with Crippen LogP contribution in [-0.4, -0.2) is 38.7 Å². The summed E-state index contributed by atoms with van der Waals surface area (Å²) in [4.78, 5) is 11.1. The third-order valence-electron chi connectivity index (χ3n) is 2.20. The molecule has 15 heavy (non-hydrogen) atoms. The Labute approximate surface area is 90.1 Å². The van der Waals surface area contributed by atoms with Crippen molar-refractivity contribution >= 4 is 15.9 Å². The molecule has 6 heteroatoms. The van der Waals surface area contributed by atoms with Crippen LogP contribution in [0.4, 0.5) is 4.79 Å². The summed E-state index contributed by atoms with van der Waals surface area (Å²) in [5.74, 6) is 0.447. The molecule has 1 heterocycles. The average Bonchev–Trinajstić information content (AvgIpc) is 2.41. The number of ether oxygens (including phenoxy) is 1. The summed E-state index contributed by atoms with van der Waals surface area (Å²) in [6.07, 6.45) is -0.00351. The number of amides is 1. The third kappa shape index (κ3) is 4.51. The molecular formula is C9H17NO4S. The van der Waals surface area contributed by atoms with Crippen molar-refractivity contribution in [3.05, 3.63) is 0 Å². The SMILES string of the molecule is CC(C)OC(=O)NC[C@@H]1CCS(=O)(=O)C1. The van der Waals surface area contributed by atoms with Crippen molar-refractivity contribution < 1.29 is 17.9 Å². The molecular weight excluding hydrogens is 218 g/mol. The molecule has 5 nitrogen and oxygen atoms in total. The molecule has 0 aromatic rings. The lowest BCUT2D eigenvalue weighted by Gasteiger charge is -2.11. The Bertz CT molecular complexity index is 323. The number of carbonyl (C=O) groups excluding carboxylic acids is 1. The lowest BCUT2D eigenvalue weighted by molar-refractivity contribution is 0.114. The minimum Gasteiger partial charge on any atom is -0.447 e. The fourth-order valence-corrected chi connectivity index (χ4v) is 3.38. The molecule has 0 aliphatic carbocycles. The molecule has 1 saturated heterocycles. The van der Waals surface area contributed by atoms with E-state index in [-0.39, 0.29) is 23.5 Å². The summed E-state index contributed by atoms with van der Waals surface area (Å²) in [7, 11) is -2.86. The Morgan fingerprint density at radius 2 is 2.20 bits per heavy atom. The Balaban J connectivity index is 2.24. The van der Waals surface area contributed by atoms with Crippen molar-refractivity contribution in [1.82, 2.24) is 5.32 Å². The van der Waals surface area contributed by atoms with E-state index in [1.807, 2.05) is 0 Å². The van der Waals surface area contributed by atoms with Gasteiger partial charge in [0.25, 0.3) is 0 Å². The van der Waals surface area contributed by atoms with E-state index in [2.05, 4.69) is 5.32 Å². The van der Waals surface area contributed by atoms with Crippen molar-refractivity contribution in [3.63, 3.8) is 0 Å². The van der Waals surface area contributed by atoms with Crippen molar-refractivity contribution in [2.75, 3.05) is 18.1 Å². The Morgan fingerprint density at radius 3 is 2.67 bits per heavy atom. The maximum Gasteiger partial charge on any atom is 0.407 e. The lowest BCUT2D eigenvalue weighted by atomic mass is 10.1. The molecule has 0 saturated carbocycles. The average molecular weight is 235 g/mol. The summed E-state index contributed by atoms with van der Waals surface area (Å²) in [6, 6.07) is 0. The van der Waals surface area contributed by atoms with E-state index in [1.165, 1.54) is 0 Å². The molecule has 0 aromatic heterocycles. The normalized spacial score (nSPS) is 24.1. The van der Waals surface area contributed by atoms with Crippen LogP contribution in [0.15, 0.2) is 0 Å². The first-order valence-electron chi connectivity index (χ1n) is 5.04. The number of nitrogens with one attached hydrogen (secondary N) is 1. The highest BCUT2D eigenvalue weighted by molar-refractivity contribution is 7.91. The molecule has 1 aliphatic rings. The van der Waals surface area contributed by atoms with E-state index in [9.17, 15) is 13.2 Å². The van der Waals surface area contributed by atoms with Gasteiger partial charge < -0.3 is 10.1 Å². The first-order valence-corrected chi connectivity index (χ1v) is 6.86. The van der Waals surface area contributed by atoms with Gasteiger partial charge in [-0.1, -0.05) is 0 Å². The molecule has 1 amide bonds. The topological polar surface area (TPSA) is 72.5 Å². The first kappa shape index (κ1) is 12.3. The largest absolute Gasteiger partial charge is 0.447 e. The highest BCUT2D eigenvalue weighted by Gasteiger charge is 2.28. The third-order valence-corrected chi connectivity index (χ3v) is 4.04. The van der Waals surface area contributed by atoms with Gasteiger partial charge >= 0.3 is 6.09 Å². The summed E-state index contributed by atoms with van der Waals surface area (Å²) < 4.78 is 27.1. The van der Waals surface area contributed by atoms with Gasteiger partial charge in [0, 0.05) is 6.54 Å². The van der Waals surface area contributed by atoms with Crippen LogP contribution in [-0.2, 0) is 14.6 Å². The van der Waals surface area contributed by atoms with Crippen molar-refractivity contribution in [2.45, 2.75) is 26.4 Å². The maximum atomic E-state index is 11.1. The van der Waals surface area contributed by atoms with E-state index in [0.29, 0.717) is 13.0 Å². The number of hydrogen-bond acceptors (Lipinski definition) is 4. The van der Waals surface area contributed by atoms with Crippen LogP contribution in [0.25, 0.3) is 0 Å². The predicted molar refractivity (Wildman–Crippen MR) is 56.4 cm³/mol. The van der Waals surface area contributed by atoms with Gasteiger partial charge in [-0.3, -0.25) is 0 Å². The molecule has 0 unspecified atom stereocenters. The van der Waals surface area contributed by atoms with E-state index < -0.39 is 15.9 Å². The number of rotatable bonds is 3. The highest BCUT2D eigenvalue weighted by atomic mass is 32.2. The zero-order chi connectivity index (χ0) is 11.5. The van der Waals surface area contributed by atoms with E-state index in [4.69, 9.17) is 4.74 Å². The summed E-state index contributed by atoms with van der Waals surface area (Å²) in [5, 5.41) is 2.57. The van der Waals surface area contributed by atoms with Gasteiger partial charge in [-0.15, -0.1) is 0 Å². The molecule has 1 N–H and O–H groups in total. The minimum atomic E-state index is -2.86. The molecule has 1 aliphatic heterocycles. The van der Waals surface area contributed by atoms with Gasteiger partial charge in [0.05, 0.1) is 17.6 Å². The monoisotopic (exact) mass is 235 g/mol. The molecule has 0 aromatic carbocycles. The van der Waals surface area contributed by atoms with Gasteiger partial charge in [0.1, 0.15) is 0 Å². The van der Waals surface area contributed by atoms with Crippen LogP contribution in [0.1, 0.15) is 20.3 Å². The highest BCUT2D eigenvalue weighted by Crippen LogP contribution is 2.17. The zero-order valence-electron chi connectivity index (χ0n) is 9.02. The van der Waals surface area contributed by atoms with Crippen molar-refractivity contribution in [3.8, 4) is 0 Å². The quantitative estimate of drug-likeness (QED) is 0.775. The summed E-state index contributed by atoms with van der Waals surface area (Å²) >= 11 is 0. The molecule has 0 spiro atoms. The lowest BCUT2D eigenvalue weighted by Crippen LogP contribution is -2.31. The number of sulfone groups is 1. The molecule has 0 radical (unpaired) electrons. The van der Waals surface area contributed by atoms with E-state index >= 15 is 0 Å². The number of carbonyl (C=O) groups is 1. The molecule has 1 rings (SSSR count). The van der Waals surface area contributed by atoms with Gasteiger partial charge in [-0.05, 0) is 26.2 Å². The van der Waals surface area contributed by atoms with Crippen molar-refractivity contribution in [2.24, 2.45) is 5.92 Å². The fourth-order valence-electron chi connectivity index (χ4n) is 1.52. The minimum absolute atomic E-state index is 0.0368. The predicted octanol–water partition coefficient (Wildman–Crippen LogP) is 0.556. The number of alkyl carbamates (subject to hydrolysis) is 1. The standard InChI is InChI=1S/C9H17NO4S/c1-7(2)14-9(11)10-5-8-3-4-15(12,13)6-8/h7-8H,3-6H2,1-2H3,(H,10,11)/t8-/m0/s1. The second-order valence-electron chi connectivity index (χ2n) is 4.10. The van der Waals surface area contributed by atoms with Crippen LogP contribution in [0, 0.1) is 5.92 Å². The summed E-state index contributed by atoms with van der Waals surface area (Å²) in [6.45, 7) is 3.91. The van der Waals surface area contributed by atoms with E-state index in [1.54, 1.807) is 13.8 Å². The van der Waals surface area contributed by atoms with Gasteiger partial charge in [-0.2, -0.15) is 0 Å². The first-order chi connectivity index (χ1) is 6.89. The Morgan fingerprint density at radius 1 is 1.53 bits per heavy atom. The second kappa shape index (κ2) is 4.83. The zero-order valence-corrected chi connectivity index (χ0v) is 9.84. The number of hydrogen-bond donors (Lipinski definition) is 1. The van der Waals surface area contributed by atoms with Crippen LogP contribution in [0.2, 0.25) is 0 Å². The van der Waals surface area contributed by atoms with Gasteiger partial charge in [-0.25, -0.2) is 13.2 Å². The fraction of sp³-hybridized carbons (Fsp3) is 0.889. The van der Waals surface area contributed by atoms with Crippen LogP contribution in [0.3, 0.4) is 0 Å². The molecule has 1 atom stereocenters. The molecule has 0 bridgehead atoms. The molecule has 88 valence electrons. The molecule has 1 fully saturated rings.